The number of imidazole rings is 1. The van der Waals surface area contributed by atoms with Gasteiger partial charge in [-0.2, -0.15) is 0 Å². The summed E-state index contributed by atoms with van der Waals surface area (Å²) in [6.45, 7) is 3.72. The number of aromatic nitrogens is 5. The van der Waals surface area contributed by atoms with Crippen LogP contribution >= 0.6 is 22.7 Å². The van der Waals surface area contributed by atoms with Gasteiger partial charge in [0.15, 0.2) is 0 Å². The second-order valence-electron chi connectivity index (χ2n) is 5.47. The quantitative estimate of drug-likeness (QED) is 0.581. The maximum Gasteiger partial charge on any atom is 0.268 e. The lowest BCUT2D eigenvalue weighted by Gasteiger charge is -2.07. The van der Waals surface area contributed by atoms with E-state index in [4.69, 9.17) is 0 Å². The molecule has 0 saturated heterocycles. The lowest BCUT2D eigenvalue weighted by Crippen LogP contribution is -2.13. The Balaban J connectivity index is 1.58. The summed E-state index contributed by atoms with van der Waals surface area (Å²) in [6, 6.07) is 5.68. The van der Waals surface area contributed by atoms with E-state index in [-0.39, 0.29) is 5.91 Å². The van der Waals surface area contributed by atoms with Crippen molar-refractivity contribution in [2.24, 2.45) is 0 Å². The highest BCUT2D eigenvalue weighted by molar-refractivity contribution is 7.22. The molecule has 0 spiro atoms. The predicted molar refractivity (Wildman–Crippen MR) is 102 cm³/mol. The Bertz CT molecular complexity index is 1070. The summed E-state index contributed by atoms with van der Waals surface area (Å²) in [5, 5.41) is 5.67. The maximum absolute atomic E-state index is 12.7. The van der Waals surface area contributed by atoms with Gasteiger partial charge in [0.05, 0.1) is 10.6 Å². The number of nitrogens with one attached hydrogen (secondary N) is 1. The van der Waals surface area contributed by atoms with E-state index >= 15 is 0 Å². The largest absolute Gasteiger partial charge is 0.306 e. The molecule has 0 aliphatic heterocycles. The molecule has 0 fully saturated rings. The van der Waals surface area contributed by atoms with Gasteiger partial charge in [0.2, 0.25) is 0 Å². The zero-order valence-corrected chi connectivity index (χ0v) is 15.6. The van der Waals surface area contributed by atoms with E-state index in [1.54, 1.807) is 23.6 Å². The molecule has 0 bridgehead atoms. The summed E-state index contributed by atoms with van der Waals surface area (Å²) >= 11 is 2.98. The minimum absolute atomic E-state index is 0.227. The fourth-order valence-electron chi connectivity index (χ4n) is 2.45. The van der Waals surface area contributed by atoms with Gasteiger partial charge in [-0.15, -0.1) is 22.7 Å². The van der Waals surface area contributed by atoms with E-state index in [2.05, 4.69) is 25.3 Å². The molecule has 0 radical (unpaired) electrons. The van der Waals surface area contributed by atoms with Gasteiger partial charge in [0.25, 0.3) is 5.91 Å². The fourth-order valence-corrected chi connectivity index (χ4v) is 4.21. The summed E-state index contributed by atoms with van der Waals surface area (Å²) in [6.07, 6.45) is 4.92. The highest BCUT2D eigenvalue weighted by Crippen LogP contribution is 2.31. The second kappa shape index (κ2) is 6.77. The monoisotopic (exact) mass is 382 g/mol. The summed E-state index contributed by atoms with van der Waals surface area (Å²) in [7, 11) is 0. The molecule has 1 amide bonds. The number of hydrogen-bond donors (Lipinski definition) is 1. The van der Waals surface area contributed by atoms with E-state index in [0.29, 0.717) is 22.2 Å². The van der Waals surface area contributed by atoms with Crippen molar-refractivity contribution in [3.63, 3.8) is 0 Å². The van der Waals surface area contributed by atoms with Gasteiger partial charge >= 0.3 is 0 Å². The van der Waals surface area contributed by atoms with Crippen LogP contribution in [0.1, 0.15) is 21.2 Å². The molecular formula is C17H14N6OS2. The van der Waals surface area contributed by atoms with Crippen molar-refractivity contribution in [2.45, 2.75) is 13.8 Å². The number of amides is 1. The molecule has 4 heterocycles. The summed E-state index contributed by atoms with van der Waals surface area (Å²) in [5.41, 5.74) is 0.704. The van der Waals surface area contributed by atoms with Crippen LogP contribution in [0.3, 0.4) is 0 Å². The molecular weight excluding hydrogens is 368 g/mol. The zero-order valence-electron chi connectivity index (χ0n) is 14.0. The number of aryl methyl sites for hydroxylation is 2. The Labute approximate surface area is 157 Å². The lowest BCUT2D eigenvalue weighted by atomic mass is 10.3. The van der Waals surface area contributed by atoms with Gasteiger partial charge in [0, 0.05) is 18.5 Å². The molecule has 130 valence electrons. The van der Waals surface area contributed by atoms with Gasteiger partial charge in [-0.3, -0.25) is 9.36 Å². The molecule has 7 nitrogen and oxygen atoms in total. The third-order valence-electron chi connectivity index (χ3n) is 3.70. The lowest BCUT2D eigenvalue weighted by molar-refractivity contribution is 0.102. The maximum atomic E-state index is 12.7. The number of carbonyl (C=O) groups is 1. The van der Waals surface area contributed by atoms with Gasteiger partial charge < -0.3 is 5.32 Å². The standard InChI is InChI=1S/C17H14N6OS2/c1-10-15(26-17(21-10)12-4-3-7-25-12)16(24)22-13-8-14(20-9-19-13)23-6-5-18-11(23)2/h3-9H,1-2H3,(H,19,20,22,24). The van der Waals surface area contributed by atoms with Crippen LogP contribution in [0.4, 0.5) is 5.82 Å². The van der Waals surface area contributed by atoms with Crippen molar-refractivity contribution in [3.05, 3.63) is 58.7 Å². The summed E-state index contributed by atoms with van der Waals surface area (Å²) in [4.78, 5) is 31.4. The highest BCUT2D eigenvalue weighted by atomic mass is 32.1. The van der Waals surface area contributed by atoms with Crippen molar-refractivity contribution in [1.29, 1.82) is 0 Å². The Morgan fingerprint density at radius 3 is 2.85 bits per heavy atom. The Kier molecular flexibility index (Phi) is 4.31. The predicted octanol–water partition coefficient (Wildman–Crippen LogP) is 3.72. The number of hydrogen-bond acceptors (Lipinski definition) is 7. The van der Waals surface area contributed by atoms with E-state index in [1.807, 2.05) is 42.1 Å². The molecule has 4 aromatic rings. The van der Waals surface area contributed by atoms with Gasteiger partial charge in [0.1, 0.15) is 33.7 Å². The highest BCUT2D eigenvalue weighted by Gasteiger charge is 2.17. The van der Waals surface area contributed by atoms with Gasteiger partial charge in [-0.05, 0) is 25.3 Å². The average molecular weight is 382 g/mol. The van der Waals surface area contributed by atoms with Crippen LogP contribution in [0, 0.1) is 13.8 Å². The molecule has 26 heavy (non-hydrogen) atoms. The van der Waals surface area contributed by atoms with Crippen LogP contribution in [0.25, 0.3) is 15.7 Å². The Morgan fingerprint density at radius 2 is 2.12 bits per heavy atom. The fraction of sp³-hybridized carbons (Fsp3) is 0.118. The minimum Gasteiger partial charge on any atom is -0.306 e. The third kappa shape index (κ3) is 3.14. The van der Waals surface area contributed by atoms with Crippen molar-refractivity contribution in [1.82, 2.24) is 24.5 Å². The Hall–Kier alpha value is -2.91. The van der Waals surface area contributed by atoms with Gasteiger partial charge in [-0.25, -0.2) is 19.9 Å². The van der Waals surface area contributed by atoms with Crippen molar-refractivity contribution < 1.29 is 4.79 Å². The molecule has 9 heteroatoms. The van der Waals surface area contributed by atoms with Crippen molar-refractivity contribution in [2.75, 3.05) is 5.32 Å². The van der Waals surface area contributed by atoms with Crippen LogP contribution in [-0.4, -0.2) is 30.4 Å². The molecule has 0 saturated carbocycles. The number of carbonyl (C=O) groups excluding carboxylic acids is 1. The molecule has 4 rings (SSSR count). The molecule has 0 aromatic carbocycles. The van der Waals surface area contributed by atoms with Crippen LogP contribution in [0.2, 0.25) is 0 Å². The normalized spacial score (nSPS) is 10.8. The second-order valence-corrected chi connectivity index (χ2v) is 7.42. The van der Waals surface area contributed by atoms with E-state index in [1.165, 1.54) is 17.7 Å². The molecule has 0 unspecified atom stereocenters. The van der Waals surface area contributed by atoms with Crippen molar-refractivity contribution >= 4 is 34.4 Å². The first-order chi connectivity index (χ1) is 12.6. The summed E-state index contributed by atoms with van der Waals surface area (Å²) < 4.78 is 1.82. The molecule has 0 atom stereocenters. The third-order valence-corrected chi connectivity index (χ3v) is 5.90. The number of thiophene rings is 1. The SMILES string of the molecule is Cc1nc(-c2cccs2)sc1C(=O)Nc1cc(-n2ccnc2C)ncn1. The van der Waals surface area contributed by atoms with E-state index in [9.17, 15) is 4.79 Å². The first kappa shape index (κ1) is 16.6. The van der Waals surface area contributed by atoms with E-state index in [0.717, 1.165) is 15.7 Å². The first-order valence-electron chi connectivity index (χ1n) is 7.77. The Morgan fingerprint density at radius 1 is 1.23 bits per heavy atom. The molecule has 4 aromatic heterocycles. The number of nitrogens with zero attached hydrogens (tertiary/aromatic N) is 5. The minimum atomic E-state index is -0.227. The number of rotatable bonds is 4. The molecule has 0 aliphatic carbocycles. The van der Waals surface area contributed by atoms with Gasteiger partial charge in [-0.1, -0.05) is 6.07 Å². The van der Waals surface area contributed by atoms with Crippen LogP contribution in [0.15, 0.2) is 42.3 Å². The summed E-state index contributed by atoms with van der Waals surface area (Å²) in [5.74, 6) is 1.65. The van der Waals surface area contributed by atoms with Crippen molar-refractivity contribution in [3.8, 4) is 15.7 Å². The molecule has 0 aliphatic rings. The van der Waals surface area contributed by atoms with Crippen LogP contribution in [-0.2, 0) is 0 Å². The average Bonchev–Trinajstić information content (AvgIpc) is 3.35. The molecule has 1 N–H and O–H groups in total. The van der Waals surface area contributed by atoms with Crippen LogP contribution < -0.4 is 5.32 Å². The zero-order chi connectivity index (χ0) is 18.1. The van der Waals surface area contributed by atoms with E-state index < -0.39 is 0 Å². The smallest absolute Gasteiger partial charge is 0.268 e. The first-order valence-corrected chi connectivity index (χ1v) is 9.46. The number of thiazole rings is 1. The topological polar surface area (TPSA) is 85.6 Å². The van der Waals surface area contributed by atoms with Crippen LogP contribution in [0.5, 0.6) is 0 Å². The number of anilines is 1.